The van der Waals surface area contributed by atoms with Crippen molar-refractivity contribution in [2.75, 3.05) is 13.7 Å². The van der Waals surface area contributed by atoms with Gasteiger partial charge in [-0.05, 0) is 41.3 Å². The number of rotatable bonds is 4. The highest BCUT2D eigenvalue weighted by Crippen LogP contribution is 2.17. The molecule has 0 atom stereocenters. The van der Waals surface area contributed by atoms with Crippen molar-refractivity contribution in [1.29, 1.82) is 0 Å². The second-order valence-corrected chi connectivity index (χ2v) is 6.95. The third-order valence-electron chi connectivity index (χ3n) is 4.86. The van der Waals surface area contributed by atoms with Crippen LogP contribution < -0.4 is 4.74 Å². The van der Waals surface area contributed by atoms with Crippen LogP contribution in [0.15, 0.2) is 48.7 Å². The van der Waals surface area contributed by atoms with Crippen LogP contribution in [-0.2, 0) is 19.4 Å². The van der Waals surface area contributed by atoms with Crippen molar-refractivity contribution in [3.8, 4) is 17.6 Å². The summed E-state index contributed by atoms with van der Waals surface area (Å²) in [6.45, 7) is 0.649. The molecule has 1 aliphatic heterocycles. The lowest BCUT2D eigenvalue weighted by molar-refractivity contribution is 0.189. The van der Waals surface area contributed by atoms with Gasteiger partial charge in [0.25, 0.3) is 0 Å². The summed E-state index contributed by atoms with van der Waals surface area (Å²) in [5, 5.41) is 0. The zero-order valence-corrected chi connectivity index (χ0v) is 16.4. The number of methoxy groups -OCH3 is 1. The van der Waals surface area contributed by atoms with E-state index in [2.05, 4.69) is 16.8 Å². The monoisotopic (exact) mass is 407 g/mol. The Morgan fingerprint density at radius 1 is 1.13 bits per heavy atom. The fourth-order valence-corrected chi connectivity index (χ4v) is 3.33. The minimum absolute atomic E-state index is 0.199. The lowest BCUT2D eigenvalue weighted by Gasteiger charge is -2.27. The summed E-state index contributed by atoms with van der Waals surface area (Å²) >= 11 is 0. The van der Waals surface area contributed by atoms with Gasteiger partial charge in [0.05, 0.1) is 7.11 Å². The van der Waals surface area contributed by atoms with E-state index in [4.69, 9.17) is 4.74 Å². The van der Waals surface area contributed by atoms with Crippen LogP contribution in [-0.4, -0.2) is 34.1 Å². The van der Waals surface area contributed by atoms with E-state index < -0.39 is 11.6 Å². The molecule has 5 nitrogen and oxygen atoms in total. The first-order valence-electron chi connectivity index (χ1n) is 9.47. The van der Waals surface area contributed by atoms with Gasteiger partial charge in [-0.1, -0.05) is 24.1 Å². The number of imidazole rings is 1. The number of ether oxygens (including phenoxy) is 1. The van der Waals surface area contributed by atoms with Crippen LogP contribution in [0.5, 0.6) is 5.75 Å². The van der Waals surface area contributed by atoms with E-state index in [-0.39, 0.29) is 12.6 Å². The third kappa shape index (κ3) is 4.18. The lowest BCUT2D eigenvalue weighted by Crippen LogP contribution is -2.40. The molecule has 0 unspecified atom stereocenters. The van der Waals surface area contributed by atoms with Crippen molar-refractivity contribution in [3.05, 3.63) is 82.9 Å². The molecule has 7 heteroatoms. The van der Waals surface area contributed by atoms with E-state index in [0.717, 1.165) is 23.4 Å². The number of benzene rings is 2. The Hall–Kier alpha value is -3.66. The van der Waals surface area contributed by atoms with E-state index in [0.29, 0.717) is 36.5 Å². The van der Waals surface area contributed by atoms with Gasteiger partial charge in [0.2, 0.25) is 0 Å². The van der Waals surface area contributed by atoms with Gasteiger partial charge in [-0.3, -0.25) is 4.57 Å². The maximum Gasteiger partial charge on any atom is 0.329 e. The zero-order valence-electron chi connectivity index (χ0n) is 16.4. The molecule has 4 rings (SSSR count). The molecule has 1 aromatic heterocycles. The van der Waals surface area contributed by atoms with Crippen molar-refractivity contribution < 1.29 is 18.3 Å². The molecule has 152 valence electrons. The molecule has 0 spiro atoms. The highest BCUT2D eigenvalue weighted by atomic mass is 19.2. The molecule has 3 aromatic rings. The first-order chi connectivity index (χ1) is 14.5. The smallest absolute Gasteiger partial charge is 0.329 e. The van der Waals surface area contributed by atoms with E-state index in [1.54, 1.807) is 18.2 Å². The largest absolute Gasteiger partial charge is 0.497 e. The van der Waals surface area contributed by atoms with Gasteiger partial charge in [-0.2, -0.15) is 0 Å². The second-order valence-electron chi connectivity index (χ2n) is 6.95. The number of hydrogen-bond acceptors (Lipinski definition) is 3. The number of nitrogens with zero attached hydrogens (tertiary/aromatic N) is 3. The predicted molar refractivity (Wildman–Crippen MR) is 107 cm³/mol. The molecule has 2 heterocycles. The molecule has 0 bridgehead atoms. The molecular weight excluding hydrogens is 388 g/mol. The number of carbonyl (C=O) groups is 1. The van der Waals surface area contributed by atoms with Gasteiger partial charge in [0, 0.05) is 32.1 Å². The van der Waals surface area contributed by atoms with Gasteiger partial charge in [0.1, 0.15) is 17.3 Å². The molecule has 0 aliphatic carbocycles. The molecule has 0 N–H and O–H groups in total. The lowest BCUT2D eigenvalue weighted by atomic mass is 10.1. The first kappa shape index (κ1) is 19.6. The Kier molecular flexibility index (Phi) is 5.48. The summed E-state index contributed by atoms with van der Waals surface area (Å²) in [4.78, 5) is 18.8. The average Bonchev–Trinajstić information content (AvgIpc) is 3.17. The Labute approximate surface area is 172 Å². The van der Waals surface area contributed by atoms with Gasteiger partial charge in [-0.15, -0.1) is 0 Å². The van der Waals surface area contributed by atoms with Gasteiger partial charge < -0.3 is 9.64 Å². The fraction of sp³-hybridized carbons (Fsp3) is 0.217. The van der Waals surface area contributed by atoms with E-state index in [1.807, 2.05) is 24.3 Å². The van der Waals surface area contributed by atoms with E-state index >= 15 is 0 Å². The van der Waals surface area contributed by atoms with Crippen LogP contribution in [0.3, 0.4) is 0 Å². The molecule has 0 saturated carbocycles. The molecular formula is C23H19F2N3O2. The number of carbonyl (C=O) groups excluding carboxylic acids is 1. The molecule has 0 radical (unpaired) electrons. The number of hydrogen-bond donors (Lipinski definition) is 0. The molecule has 0 saturated heterocycles. The number of aromatic nitrogens is 2. The molecule has 0 fully saturated rings. The number of amides is 1. The maximum atomic E-state index is 13.4. The summed E-state index contributed by atoms with van der Waals surface area (Å²) in [5.74, 6) is 5.67. The van der Waals surface area contributed by atoms with Crippen molar-refractivity contribution in [1.82, 2.24) is 14.5 Å². The van der Waals surface area contributed by atoms with E-state index in [9.17, 15) is 13.6 Å². The maximum absolute atomic E-state index is 13.4. The minimum atomic E-state index is -0.922. The minimum Gasteiger partial charge on any atom is -0.497 e. The fourth-order valence-electron chi connectivity index (χ4n) is 3.33. The van der Waals surface area contributed by atoms with Crippen LogP contribution in [0, 0.1) is 23.5 Å². The summed E-state index contributed by atoms with van der Waals surface area (Å²) in [6, 6.07) is 11.1. The Morgan fingerprint density at radius 3 is 2.80 bits per heavy atom. The highest BCUT2D eigenvalue weighted by Gasteiger charge is 2.25. The Bertz CT molecular complexity index is 1160. The van der Waals surface area contributed by atoms with Crippen LogP contribution in [0.4, 0.5) is 13.6 Å². The van der Waals surface area contributed by atoms with Crippen LogP contribution >= 0.6 is 0 Å². The topological polar surface area (TPSA) is 47.4 Å². The van der Waals surface area contributed by atoms with Crippen LogP contribution in [0.1, 0.15) is 22.6 Å². The summed E-state index contributed by atoms with van der Waals surface area (Å²) in [6.07, 6.45) is 2.72. The highest BCUT2D eigenvalue weighted by molar-refractivity contribution is 5.78. The first-order valence-corrected chi connectivity index (χ1v) is 9.47. The Balaban J connectivity index is 1.46. The summed E-state index contributed by atoms with van der Waals surface area (Å²) < 4.78 is 33.2. The third-order valence-corrected chi connectivity index (χ3v) is 4.86. The van der Waals surface area contributed by atoms with Crippen molar-refractivity contribution in [2.45, 2.75) is 19.4 Å². The van der Waals surface area contributed by atoms with Crippen molar-refractivity contribution in [3.63, 3.8) is 0 Å². The average molecular weight is 407 g/mol. The molecule has 1 amide bonds. The zero-order chi connectivity index (χ0) is 21.1. The normalized spacial score (nSPS) is 12.9. The second kappa shape index (κ2) is 8.37. The SMILES string of the molecule is COc1cccc(CC#Cc2cn3c(n2)CCN(Cc2ccc(F)c(F)c2)C3=O)c1. The van der Waals surface area contributed by atoms with Gasteiger partial charge >= 0.3 is 6.03 Å². The number of halogens is 2. The van der Waals surface area contributed by atoms with Gasteiger partial charge in [0.15, 0.2) is 11.6 Å². The summed E-state index contributed by atoms with van der Waals surface area (Å²) in [5.41, 5.74) is 2.08. The molecule has 30 heavy (non-hydrogen) atoms. The van der Waals surface area contributed by atoms with Crippen molar-refractivity contribution >= 4 is 6.03 Å². The Morgan fingerprint density at radius 2 is 2.00 bits per heavy atom. The summed E-state index contributed by atoms with van der Waals surface area (Å²) in [7, 11) is 1.62. The van der Waals surface area contributed by atoms with Crippen molar-refractivity contribution in [2.24, 2.45) is 0 Å². The van der Waals surface area contributed by atoms with Gasteiger partial charge in [-0.25, -0.2) is 18.6 Å². The molecule has 2 aromatic carbocycles. The predicted octanol–water partition coefficient (Wildman–Crippen LogP) is 3.79. The quantitative estimate of drug-likeness (QED) is 0.619. The number of fused-ring (bicyclic) bond motifs is 1. The standard InChI is InChI=1S/C23H19F2N3O2/c1-30-19-7-3-5-16(12-19)4-2-6-18-15-28-22(26-18)10-11-27(23(28)29)14-17-8-9-20(24)21(25)13-17/h3,5,7-9,12-13,15H,4,10-11,14H2,1H3. The van der Waals surface area contributed by atoms with Crippen LogP contribution in [0.25, 0.3) is 0 Å². The molecule has 1 aliphatic rings. The van der Waals surface area contributed by atoms with Crippen LogP contribution in [0.2, 0.25) is 0 Å². The van der Waals surface area contributed by atoms with E-state index in [1.165, 1.54) is 10.6 Å².